The van der Waals surface area contributed by atoms with Crippen LogP contribution in [0.25, 0.3) is 0 Å². The Morgan fingerprint density at radius 3 is 2.57 bits per heavy atom. The zero-order valence-electron chi connectivity index (χ0n) is 26.9. The molecule has 3 aliphatic heterocycles. The Balaban J connectivity index is 1.23. The summed E-state index contributed by atoms with van der Waals surface area (Å²) in [5.41, 5.74) is 3.19. The quantitative estimate of drug-likeness (QED) is 0.365. The normalized spacial score (nSPS) is 18.6. The van der Waals surface area contributed by atoms with Crippen LogP contribution >= 0.6 is 11.6 Å². The maximum absolute atomic E-state index is 15.6. The average molecular weight is 654 g/mol. The molecule has 12 heteroatoms. The van der Waals surface area contributed by atoms with Gasteiger partial charge in [0.05, 0.1) is 36.2 Å². The van der Waals surface area contributed by atoms with Crippen molar-refractivity contribution in [3.05, 3.63) is 81.1 Å². The molecule has 0 radical (unpaired) electrons. The molecule has 0 bridgehead atoms. The third-order valence-corrected chi connectivity index (χ3v) is 8.82. The lowest BCUT2D eigenvalue weighted by atomic mass is 9.94. The molecule has 4 heterocycles. The number of aromatic nitrogens is 2. The van der Waals surface area contributed by atoms with Gasteiger partial charge in [-0.15, -0.1) is 0 Å². The maximum atomic E-state index is 15.6. The first-order valence-corrected chi connectivity index (χ1v) is 16.2. The van der Waals surface area contributed by atoms with E-state index in [0.29, 0.717) is 48.2 Å². The van der Waals surface area contributed by atoms with Crippen molar-refractivity contribution in [2.45, 2.75) is 65.4 Å². The summed E-state index contributed by atoms with van der Waals surface area (Å²) in [4.78, 5) is 37.2. The Labute approximate surface area is 274 Å². The van der Waals surface area contributed by atoms with Gasteiger partial charge in [-0.1, -0.05) is 29.8 Å². The summed E-state index contributed by atoms with van der Waals surface area (Å²) in [5, 5.41) is 0.431. The number of fused-ring (bicyclic) bond motifs is 3. The van der Waals surface area contributed by atoms with Crippen LogP contribution in [0.1, 0.15) is 60.7 Å². The molecule has 0 saturated carbocycles. The van der Waals surface area contributed by atoms with E-state index in [1.165, 1.54) is 6.07 Å². The number of carbonyl (C=O) groups excluding carboxylic acids is 2. The number of aryl methyl sites for hydroxylation is 1. The first-order chi connectivity index (χ1) is 22.0. The van der Waals surface area contributed by atoms with Crippen LogP contribution in [-0.4, -0.2) is 87.9 Å². The highest BCUT2D eigenvalue weighted by atomic mass is 35.5. The number of morpholine rings is 1. The van der Waals surface area contributed by atoms with E-state index >= 15 is 4.39 Å². The van der Waals surface area contributed by atoms with Crippen LogP contribution in [0, 0.1) is 12.7 Å². The van der Waals surface area contributed by atoms with E-state index in [0.717, 1.165) is 55.4 Å². The van der Waals surface area contributed by atoms with Gasteiger partial charge in [-0.3, -0.25) is 14.6 Å². The van der Waals surface area contributed by atoms with Gasteiger partial charge in [0.1, 0.15) is 29.0 Å². The van der Waals surface area contributed by atoms with Gasteiger partial charge in [-0.2, -0.15) is 0 Å². The van der Waals surface area contributed by atoms with Crippen LogP contribution in [0.2, 0.25) is 5.02 Å². The molecule has 2 amide bonds. The van der Waals surface area contributed by atoms with Crippen LogP contribution in [0.4, 0.5) is 9.18 Å². The molecule has 1 saturated heterocycles. The molecule has 1 fully saturated rings. The Bertz CT molecular complexity index is 1620. The van der Waals surface area contributed by atoms with E-state index in [1.54, 1.807) is 21.9 Å². The second-order valence-corrected chi connectivity index (χ2v) is 13.5. The first-order valence-electron chi connectivity index (χ1n) is 15.8. The fourth-order valence-electron chi connectivity index (χ4n) is 6.32. The summed E-state index contributed by atoms with van der Waals surface area (Å²) >= 11 is 6.59. The van der Waals surface area contributed by atoms with Gasteiger partial charge in [-0.25, -0.2) is 14.2 Å². The van der Waals surface area contributed by atoms with Crippen molar-refractivity contribution in [1.82, 2.24) is 24.3 Å². The fraction of sp³-hybridized carbons (Fsp3) is 0.500. The smallest absolute Gasteiger partial charge is 0.410 e. The van der Waals surface area contributed by atoms with Gasteiger partial charge in [-0.05, 0) is 57.0 Å². The minimum atomic E-state index is -0.707. The van der Waals surface area contributed by atoms with E-state index in [1.807, 2.05) is 50.5 Å². The number of amides is 2. The number of imidazole rings is 1. The van der Waals surface area contributed by atoms with Crippen LogP contribution in [0.15, 0.2) is 36.4 Å². The third kappa shape index (κ3) is 7.01. The molecule has 3 aromatic rings. The predicted octanol–water partition coefficient (Wildman–Crippen LogP) is 5.12. The molecule has 2 aromatic carbocycles. The molecule has 1 aromatic heterocycles. The Kier molecular flexibility index (Phi) is 9.27. The molecule has 3 aliphatic rings. The van der Waals surface area contributed by atoms with Gasteiger partial charge in [0.25, 0.3) is 5.91 Å². The van der Waals surface area contributed by atoms with Gasteiger partial charge in [0, 0.05) is 51.3 Å². The summed E-state index contributed by atoms with van der Waals surface area (Å²) in [5.74, 6) is 0.428. The van der Waals surface area contributed by atoms with E-state index in [-0.39, 0.29) is 19.1 Å². The maximum Gasteiger partial charge on any atom is 0.410 e. The summed E-state index contributed by atoms with van der Waals surface area (Å²) in [6, 6.07) is 9.99. The predicted molar refractivity (Wildman–Crippen MR) is 170 cm³/mol. The first kappa shape index (κ1) is 32.3. The SMILES string of the molecule is Cc1ccc(C2c3c(nc4n3CCN(C(=O)OC(C)(C)C)C4)CCN2C(=O)COc2ccc(CN3CCOCC3)cc2Cl)c(F)c1. The molecular weight excluding hydrogens is 613 g/mol. The Morgan fingerprint density at radius 2 is 1.85 bits per heavy atom. The number of rotatable bonds is 6. The van der Waals surface area contributed by atoms with E-state index in [9.17, 15) is 9.59 Å². The highest BCUT2D eigenvalue weighted by Gasteiger charge is 2.40. The van der Waals surface area contributed by atoms with Crippen LogP contribution in [0.5, 0.6) is 5.75 Å². The minimum absolute atomic E-state index is 0.255. The Hall–Kier alpha value is -3.67. The number of hydrogen-bond acceptors (Lipinski definition) is 7. The molecule has 0 spiro atoms. The van der Waals surface area contributed by atoms with Crippen molar-refractivity contribution in [2.75, 3.05) is 46.0 Å². The Morgan fingerprint density at radius 1 is 1.07 bits per heavy atom. The van der Waals surface area contributed by atoms with Crippen molar-refractivity contribution in [3.63, 3.8) is 0 Å². The molecule has 0 aliphatic carbocycles. The molecule has 46 heavy (non-hydrogen) atoms. The highest BCUT2D eigenvalue weighted by Crippen LogP contribution is 2.38. The monoisotopic (exact) mass is 653 g/mol. The van der Waals surface area contributed by atoms with E-state index in [4.69, 9.17) is 30.8 Å². The average Bonchev–Trinajstić information content (AvgIpc) is 3.38. The summed E-state index contributed by atoms with van der Waals surface area (Å²) in [6.07, 6.45) is 0.0942. The second-order valence-electron chi connectivity index (χ2n) is 13.1. The third-order valence-electron chi connectivity index (χ3n) is 8.53. The molecule has 1 unspecified atom stereocenters. The van der Waals surface area contributed by atoms with Crippen molar-refractivity contribution < 1.29 is 28.2 Å². The largest absolute Gasteiger partial charge is 0.482 e. The summed E-state index contributed by atoms with van der Waals surface area (Å²) < 4.78 is 34.7. The molecule has 246 valence electrons. The van der Waals surface area contributed by atoms with Crippen LogP contribution in [-0.2, 0) is 40.3 Å². The molecular formula is C34H41ClFN5O5. The zero-order valence-corrected chi connectivity index (χ0v) is 27.6. The number of carbonyl (C=O) groups is 2. The van der Waals surface area contributed by atoms with Gasteiger partial charge in [0.2, 0.25) is 0 Å². The van der Waals surface area contributed by atoms with Crippen molar-refractivity contribution >= 4 is 23.6 Å². The van der Waals surface area contributed by atoms with Crippen LogP contribution < -0.4 is 4.74 Å². The molecule has 10 nitrogen and oxygen atoms in total. The van der Waals surface area contributed by atoms with Gasteiger partial charge < -0.3 is 23.7 Å². The topological polar surface area (TPSA) is 89.4 Å². The number of hydrogen-bond donors (Lipinski definition) is 0. The van der Waals surface area contributed by atoms with Crippen molar-refractivity contribution in [3.8, 4) is 5.75 Å². The fourth-order valence-corrected chi connectivity index (χ4v) is 6.58. The number of halogens is 2. The van der Waals surface area contributed by atoms with Gasteiger partial charge >= 0.3 is 6.09 Å². The number of ether oxygens (including phenoxy) is 3. The van der Waals surface area contributed by atoms with E-state index < -0.39 is 23.6 Å². The summed E-state index contributed by atoms with van der Waals surface area (Å²) in [7, 11) is 0. The van der Waals surface area contributed by atoms with Crippen molar-refractivity contribution in [1.29, 1.82) is 0 Å². The molecule has 6 rings (SSSR count). The second kappa shape index (κ2) is 13.2. The minimum Gasteiger partial charge on any atom is -0.482 e. The van der Waals surface area contributed by atoms with E-state index in [2.05, 4.69) is 4.90 Å². The molecule has 1 atom stereocenters. The lowest BCUT2D eigenvalue weighted by Gasteiger charge is -2.38. The van der Waals surface area contributed by atoms with Crippen molar-refractivity contribution in [2.24, 2.45) is 0 Å². The molecule has 0 N–H and O–H groups in total. The number of benzene rings is 2. The van der Waals surface area contributed by atoms with Gasteiger partial charge in [0.15, 0.2) is 6.61 Å². The van der Waals surface area contributed by atoms with Crippen LogP contribution in [0.3, 0.4) is 0 Å². The summed E-state index contributed by atoms with van der Waals surface area (Å²) in [6.45, 7) is 12.5. The number of nitrogens with zero attached hydrogens (tertiary/aromatic N) is 5. The standard InChI is InChI=1S/C34H41ClFN5O5/c1-22-5-7-24(26(36)17-22)31-32-27(37-29-20-39(11-12-40(29)32)33(43)46-34(2,3)4)9-10-41(31)30(42)21-45-28-8-6-23(18-25(28)35)19-38-13-15-44-16-14-38/h5-8,17-18,31H,9-16,19-21H2,1-4H3. The lowest BCUT2D eigenvalue weighted by Crippen LogP contribution is -2.45. The lowest BCUT2D eigenvalue weighted by molar-refractivity contribution is -0.135. The highest BCUT2D eigenvalue weighted by molar-refractivity contribution is 6.32. The zero-order chi connectivity index (χ0) is 32.6.